The molecule has 0 saturated carbocycles. The van der Waals surface area contributed by atoms with Gasteiger partial charge in [-0.05, 0) is 38.0 Å². The van der Waals surface area contributed by atoms with Crippen molar-refractivity contribution < 1.29 is 9.90 Å². The molecule has 6 nitrogen and oxygen atoms in total. The quantitative estimate of drug-likeness (QED) is 0.926. The van der Waals surface area contributed by atoms with Crippen LogP contribution in [0.3, 0.4) is 0 Å². The van der Waals surface area contributed by atoms with E-state index in [-0.39, 0.29) is 23.1 Å². The van der Waals surface area contributed by atoms with E-state index >= 15 is 0 Å². The predicted molar refractivity (Wildman–Crippen MR) is 90.1 cm³/mol. The number of carbonyl (C=O) groups is 1. The molecule has 6 heteroatoms. The van der Waals surface area contributed by atoms with Gasteiger partial charge >= 0.3 is 0 Å². The van der Waals surface area contributed by atoms with Crippen LogP contribution in [0.5, 0.6) is 0 Å². The second kappa shape index (κ2) is 6.97. The first kappa shape index (κ1) is 16.4. The number of rotatable bonds is 3. The van der Waals surface area contributed by atoms with Crippen LogP contribution in [-0.4, -0.2) is 44.9 Å². The van der Waals surface area contributed by atoms with E-state index in [2.05, 4.69) is 5.10 Å². The fourth-order valence-corrected chi connectivity index (χ4v) is 3.03. The van der Waals surface area contributed by atoms with E-state index in [1.165, 1.54) is 16.8 Å². The van der Waals surface area contributed by atoms with Gasteiger partial charge in [-0.15, -0.1) is 0 Å². The minimum atomic E-state index is -0.438. The molecule has 126 valence electrons. The second-order valence-corrected chi connectivity index (χ2v) is 6.20. The number of hydrogen-bond donors (Lipinski definition) is 1. The lowest BCUT2D eigenvalue weighted by Crippen LogP contribution is -2.43. The molecule has 0 bridgehead atoms. The van der Waals surface area contributed by atoms with Crippen molar-refractivity contribution in [1.29, 1.82) is 0 Å². The molecule has 0 aliphatic carbocycles. The number of amides is 1. The van der Waals surface area contributed by atoms with E-state index in [0.29, 0.717) is 18.8 Å². The summed E-state index contributed by atoms with van der Waals surface area (Å²) in [6, 6.07) is 11.9. The molecule has 1 fully saturated rings. The molecule has 1 saturated heterocycles. The van der Waals surface area contributed by atoms with Gasteiger partial charge in [0.05, 0.1) is 11.8 Å². The molecule has 1 amide bonds. The summed E-state index contributed by atoms with van der Waals surface area (Å²) in [4.78, 5) is 26.5. The normalized spacial score (nSPS) is 19.1. The molecule has 1 aliphatic heterocycles. The predicted octanol–water partition coefficient (Wildman–Crippen LogP) is 1.47. The highest BCUT2D eigenvalue weighted by atomic mass is 16.3. The Morgan fingerprint density at radius 2 is 2.00 bits per heavy atom. The van der Waals surface area contributed by atoms with Gasteiger partial charge in [-0.1, -0.05) is 18.2 Å². The van der Waals surface area contributed by atoms with E-state index < -0.39 is 6.10 Å². The van der Waals surface area contributed by atoms with Gasteiger partial charge < -0.3 is 10.0 Å². The van der Waals surface area contributed by atoms with Crippen molar-refractivity contribution >= 4 is 5.91 Å². The maximum atomic E-state index is 12.7. The van der Waals surface area contributed by atoms with Crippen molar-refractivity contribution in [3.63, 3.8) is 0 Å². The number of aliphatic hydroxyl groups excluding tert-OH is 1. The molecule has 2 heterocycles. The maximum absolute atomic E-state index is 12.7. The van der Waals surface area contributed by atoms with E-state index in [9.17, 15) is 14.7 Å². The minimum absolute atomic E-state index is 0.0859. The zero-order valence-electron chi connectivity index (χ0n) is 13.6. The highest BCUT2D eigenvalue weighted by molar-refractivity contribution is 5.92. The number of aromatic nitrogens is 2. The number of piperidine rings is 1. The number of para-hydroxylation sites is 1. The van der Waals surface area contributed by atoms with Crippen LogP contribution < -0.4 is 5.56 Å². The summed E-state index contributed by atoms with van der Waals surface area (Å²) in [5, 5.41) is 14.0. The number of aliphatic hydroxyl groups is 1. The van der Waals surface area contributed by atoms with Crippen molar-refractivity contribution in [2.24, 2.45) is 5.92 Å². The maximum Gasteiger partial charge on any atom is 0.274 e. The number of benzene rings is 1. The Balaban J connectivity index is 1.87. The lowest BCUT2D eigenvalue weighted by molar-refractivity contribution is 0.0460. The lowest BCUT2D eigenvalue weighted by Gasteiger charge is -2.33. The monoisotopic (exact) mass is 327 g/mol. The van der Waals surface area contributed by atoms with E-state index in [0.717, 1.165) is 12.8 Å². The third-order valence-electron chi connectivity index (χ3n) is 4.45. The van der Waals surface area contributed by atoms with Crippen LogP contribution >= 0.6 is 0 Å². The molecule has 2 aromatic rings. The Hall–Kier alpha value is -2.47. The smallest absolute Gasteiger partial charge is 0.274 e. The van der Waals surface area contributed by atoms with E-state index in [1.807, 2.05) is 18.2 Å². The SMILES string of the molecule is CC(O)C1CCCN(C(=O)c2ccc(=O)n(-c3ccccc3)n2)C1. The number of carbonyl (C=O) groups excluding carboxylic acids is 1. The van der Waals surface area contributed by atoms with Crippen LogP contribution in [0.4, 0.5) is 0 Å². The van der Waals surface area contributed by atoms with Gasteiger partial charge in [0.1, 0.15) is 5.69 Å². The first-order valence-corrected chi connectivity index (χ1v) is 8.19. The molecule has 0 spiro atoms. The second-order valence-electron chi connectivity index (χ2n) is 6.20. The van der Waals surface area contributed by atoms with Crippen LogP contribution in [0.1, 0.15) is 30.3 Å². The summed E-state index contributed by atoms with van der Waals surface area (Å²) in [7, 11) is 0. The lowest BCUT2D eigenvalue weighted by atomic mass is 9.93. The number of nitrogens with zero attached hydrogens (tertiary/aromatic N) is 3. The fourth-order valence-electron chi connectivity index (χ4n) is 3.03. The van der Waals surface area contributed by atoms with Gasteiger partial charge in [0.25, 0.3) is 11.5 Å². The summed E-state index contributed by atoms with van der Waals surface area (Å²) in [6.07, 6.45) is 1.34. The minimum Gasteiger partial charge on any atom is -0.393 e. The van der Waals surface area contributed by atoms with Crippen LogP contribution in [0.2, 0.25) is 0 Å². The van der Waals surface area contributed by atoms with E-state index in [1.54, 1.807) is 24.0 Å². The zero-order valence-corrected chi connectivity index (χ0v) is 13.6. The largest absolute Gasteiger partial charge is 0.393 e. The summed E-state index contributed by atoms with van der Waals surface area (Å²) in [5.41, 5.74) is 0.584. The molecule has 24 heavy (non-hydrogen) atoms. The molecule has 1 aliphatic rings. The van der Waals surface area contributed by atoms with Gasteiger partial charge in [-0.25, -0.2) is 0 Å². The van der Waals surface area contributed by atoms with Crippen molar-refractivity contribution in [2.75, 3.05) is 13.1 Å². The van der Waals surface area contributed by atoms with Gasteiger partial charge in [0.2, 0.25) is 0 Å². The van der Waals surface area contributed by atoms with Gasteiger partial charge in [0, 0.05) is 25.1 Å². The first-order valence-electron chi connectivity index (χ1n) is 8.19. The molecular weight excluding hydrogens is 306 g/mol. The molecule has 1 N–H and O–H groups in total. The van der Waals surface area contributed by atoms with Crippen molar-refractivity contribution in [1.82, 2.24) is 14.7 Å². The van der Waals surface area contributed by atoms with Gasteiger partial charge in [-0.2, -0.15) is 9.78 Å². The Kier molecular flexibility index (Phi) is 4.76. The standard InChI is InChI=1S/C18H21N3O3/c1-13(22)14-6-5-11-20(12-14)18(24)16-9-10-17(23)21(19-16)15-7-3-2-4-8-15/h2-4,7-10,13-14,22H,5-6,11-12H2,1H3. The highest BCUT2D eigenvalue weighted by Gasteiger charge is 2.28. The summed E-state index contributed by atoms with van der Waals surface area (Å²) >= 11 is 0. The van der Waals surface area contributed by atoms with Gasteiger partial charge in [-0.3, -0.25) is 9.59 Å². The third kappa shape index (κ3) is 3.38. The van der Waals surface area contributed by atoms with Crippen LogP contribution in [0.25, 0.3) is 5.69 Å². The third-order valence-corrected chi connectivity index (χ3v) is 4.45. The molecule has 2 unspecified atom stereocenters. The highest BCUT2D eigenvalue weighted by Crippen LogP contribution is 2.20. The average Bonchev–Trinajstić information content (AvgIpc) is 2.62. The summed E-state index contributed by atoms with van der Waals surface area (Å²) < 4.78 is 1.24. The molecule has 3 rings (SSSR count). The molecule has 2 atom stereocenters. The summed E-state index contributed by atoms with van der Waals surface area (Å²) in [5.74, 6) is -0.118. The molecule has 1 aromatic carbocycles. The van der Waals surface area contributed by atoms with Crippen molar-refractivity contribution in [2.45, 2.75) is 25.9 Å². The Bertz CT molecular complexity index is 771. The summed E-state index contributed by atoms with van der Waals surface area (Å²) in [6.45, 7) is 2.92. The Labute approximate surface area is 140 Å². The average molecular weight is 327 g/mol. The first-order chi connectivity index (χ1) is 11.6. The van der Waals surface area contributed by atoms with Crippen LogP contribution in [-0.2, 0) is 0 Å². The topological polar surface area (TPSA) is 75.4 Å². The number of likely N-dealkylation sites (tertiary alicyclic amines) is 1. The van der Waals surface area contributed by atoms with Crippen molar-refractivity contribution in [3.05, 3.63) is 58.5 Å². The zero-order chi connectivity index (χ0) is 17.1. The van der Waals surface area contributed by atoms with Crippen LogP contribution in [0.15, 0.2) is 47.3 Å². The number of hydrogen-bond acceptors (Lipinski definition) is 4. The molecule has 0 radical (unpaired) electrons. The van der Waals surface area contributed by atoms with E-state index in [4.69, 9.17) is 0 Å². The van der Waals surface area contributed by atoms with Gasteiger partial charge in [0.15, 0.2) is 0 Å². The Morgan fingerprint density at radius 1 is 1.25 bits per heavy atom. The van der Waals surface area contributed by atoms with Crippen LogP contribution in [0, 0.1) is 5.92 Å². The Morgan fingerprint density at radius 3 is 2.71 bits per heavy atom. The molecule has 1 aromatic heterocycles. The fraction of sp³-hybridized carbons (Fsp3) is 0.389. The van der Waals surface area contributed by atoms with Crippen molar-refractivity contribution in [3.8, 4) is 5.69 Å². The molecular formula is C18H21N3O3.